The van der Waals surface area contributed by atoms with E-state index in [-0.39, 0.29) is 108 Å². The van der Waals surface area contributed by atoms with E-state index >= 15 is 0 Å². The highest BCUT2D eigenvalue weighted by molar-refractivity contribution is 7.19. The molecule has 0 radical (unpaired) electrons. The third-order valence-corrected chi connectivity index (χ3v) is 10.0. The molecular formula is C30H33Cl2F3N6O4S. The summed E-state index contributed by atoms with van der Waals surface area (Å²) in [5.74, 6) is -1.97. The van der Waals surface area contributed by atoms with Crippen molar-refractivity contribution >= 4 is 70.0 Å². The lowest BCUT2D eigenvalue weighted by atomic mass is 9.99. The largest absolute Gasteiger partial charge is 0.433 e. The Labute approximate surface area is 279 Å². The number of nitrogens with zero attached hydrogens (tertiary/aromatic N) is 4. The van der Waals surface area contributed by atoms with Crippen molar-refractivity contribution in [3.8, 4) is 11.3 Å². The van der Waals surface area contributed by atoms with Crippen LogP contribution in [0.2, 0.25) is 0 Å². The topological polar surface area (TPSA) is 139 Å². The molecule has 10 nitrogen and oxygen atoms in total. The molecule has 3 aliphatic rings. The van der Waals surface area contributed by atoms with Crippen molar-refractivity contribution < 1.29 is 32.3 Å². The highest BCUT2D eigenvalue weighted by Gasteiger charge is 2.72. The lowest BCUT2D eigenvalue weighted by Crippen LogP contribution is -2.45. The molecule has 4 amide bonds. The Morgan fingerprint density at radius 2 is 1.83 bits per heavy atom. The van der Waals surface area contributed by atoms with Crippen LogP contribution in [0.25, 0.3) is 21.5 Å². The maximum Gasteiger partial charge on any atom is 0.433 e. The molecule has 0 bridgehead atoms. The highest BCUT2D eigenvalue weighted by Crippen LogP contribution is 2.63. The Morgan fingerprint density at radius 3 is 2.43 bits per heavy atom. The molecule has 6 rings (SSSR count). The van der Waals surface area contributed by atoms with E-state index in [0.29, 0.717) is 21.5 Å². The number of nitrogens with two attached hydrogens (primary N) is 1. The molecular weight excluding hydrogens is 668 g/mol. The molecule has 2 saturated heterocycles. The number of hydrogen-bond acceptors (Lipinski definition) is 8. The van der Waals surface area contributed by atoms with E-state index in [1.165, 1.54) is 40.3 Å². The maximum atomic E-state index is 14.0. The maximum absolute atomic E-state index is 14.0. The standard InChI is InChI=1S/C30H31F3N6O4S.2ClH/c1-13-9-19(30(31,32)33)37-23(20(13)26(41)38-8-6-15(11-38)36-25(40)14(2)34)17-5-7-35-18-10-16(44-24(17)18)12-39-27(42)21-22(28(39)43)29(21,3)4;;/h5,7,9-10,14-15,21-22H,6,8,11-12,34H2,1-4H3,(H,36,40);2*1H/t14?,15-,21?,22?;;/m0../s1. The predicted molar refractivity (Wildman–Crippen MR) is 170 cm³/mol. The van der Waals surface area contributed by atoms with Gasteiger partial charge < -0.3 is 16.0 Å². The zero-order valence-electron chi connectivity index (χ0n) is 25.3. The third-order valence-electron chi connectivity index (χ3n) is 8.88. The van der Waals surface area contributed by atoms with Crippen molar-refractivity contribution in [2.75, 3.05) is 13.1 Å². The Bertz CT molecular complexity index is 1720. The quantitative estimate of drug-likeness (QED) is 0.365. The van der Waals surface area contributed by atoms with Crippen LogP contribution in [0.3, 0.4) is 0 Å². The van der Waals surface area contributed by atoms with Crippen LogP contribution < -0.4 is 11.1 Å². The number of halogens is 5. The van der Waals surface area contributed by atoms with Crippen LogP contribution >= 0.6 is 36.2 Å². The molecule has 3 aromatic heterocycles. The number of aromatic nitrogens is 2. The fourth-order valence-corrected chi connectivity index (χ4v) is 7.52. The molecule has 3 aromatic rings. The van der Waals surface area contributed by atoms with Gasteiger partial charge in [-0.25, -0.2) is 4.98 Å². The first-order valence-electron chi connectivity index (χ1n) is 14.3. The molecule has 0 aromatic carbocycles. The molecule has 3 fully saturated rings. The summed E-state index contributed by atoms with van der Waals surface area (Å²) in [7, 11) is 0. The van der Waals surface area contributed by atoms with Crippen molar-refractivity contribution in [1.29, 1.82) is 0 Å². The monoisotopic (exact) mass is 700 g/mol. The second-order valence-corrected chi connectivity index (χ2v) is 13.5. The summed E-state index contributed by atoms with van der Waals surface area (Å²) in [5.41, 5.74) is 4.88. The summed E-state index contributed by atoms with van der Waals surface area (Å²) in [6, 6.07) is 3.01. The molecule has 46 heavy (non-hydrogen) atoms. The van der Waals surface area contributed by atoms with Crippen molar-refractivity contribution in [2.45, 2.75) is 58.9 Å². The number of carbonyl (C=O) groups excluding carboxylic acids is 4. The summed E-state index contributed by atoms with van der Waals surface area (Å²) in [6.07, 6.45) is -2.87. The zero-order chi connectivity index (χ0) is 31.9. The summed E-state index contributed by atoms with van der Waals surface area (Å²) in [4.78, 5) is 63.5. The van der Waals surface area contributed by atoms with Crippen LogP contribution in [0.5, 0.6) is 0 Å². The van der Waals surface area contributed by atoms with Gasteiger partial charge in [-0.05, 0) is 49.4 Å². The van der Waals surface area contributed by atoms with Crippen molar-refractivity contribution in [3.63, 3.8) is 0 Å². The van der Waals surface area contributed by atoms with Crippen molar-refractivity contribution in [1.82, 2.24) is 25.1 Å². The van der Waals surface area contributed by atoms with Crippen LogP contribution in [0, 0.1) is 24.2 Å². The van der Waals surface area contributed by atoms with Gasteiger partial charge in [-0.15, -0.1) is 36.2 Å². The van der Waals surface area contributed by atoms with E-state index in [2.05, 4.69) is 15.3 Å². The van der Waals surface area contributed by atoms with E-state index in [9.17, 15) is 32.3 Å². The van der Waals surface area contributed by atoms with Crippen molar-refractivity contribution in [2.24, 2.45) is 23.0 Å². The van der Waals surface area contributed by atoms with Gasteiger partial charge in [-0.1, -0.05) is 13.8 Å². The van der Waals surface area contributed by atoms with E-state index in [1.54, 1.807) is 13.0 Å². The minimum atomic E-state index is -4.76. The molecule has 5 heterocycles. The lowest BCUT2D eigenvalue weighted by Gasteiger charge is -2.21. The number of carbonyl (C=O) groups is 4. The molecule has 4 atom stereocenters. The van der Waals surface area contributed by atoms with Crippen molar-refractivity contribution in [3.05, 3.63) is 46.1 Å². The van der Waals surface area contributed by atoms with Gasteiger partial charge in [0, 0.05) is 35.8 Å². The molecule has 2 aliphatic heterocycles. The molecule has 248 valence electrons. The highest BCUT2D eigenvalue weighted by atomic mass is 35.5. The van der Waals surface area contributed by atoms with Gasteiger partial charge in [0.2, 0.25) is 17.7 Å². The first-order chi connectivity index (χ1) is 20.6. The number of fused-ring (bicyclic) bond motifs is 2. The first-order valence-corrected chi connectivity index (χ1v) is 15.1. The van der Waals surface area contributed by atoms with Crippen LogP contribution in [0.1, 0.15) is 53.7 Å². The average Bonchev–Trinajstić information content (AvgIpc) is 3.35. The number of likely N-dealkylation sites (tertiary alicyclic amines) is 2. The summed E-state index contributed by atoms with van der Waals surface area (Å²) in [5, 5.41) is 2.80. The minimum Gasteiger partial charge on any atom is -0.350 e. The van der Waals surface area contributed by atoms with Gasteiger partial charge in [0.1, 0.15) is 5.69 Å². The Balaban J connectivity index is 0.00000240. The molecule has 3 N–H and O–H groups in total. The average molecular weight is 702 g/mol. The number of aryl methyl sites for hydroxylation is 1. The van der Waals surface area contributed by atoms with Gasteiger partial charge in [0.15, 0.2) is 0 Å². The molecule has 1 saturated carbocycles. The summed E-state index contributed by atoms with van der Waals surface area (Å²) >= 11 is 1.19. The molecule has 1 aliphatic carbocycles. The number of rotatable bonds is 6. The van der Waals surface area contributed by atoms with E-state index < -0.39 is 23.8 Å². The van der Waals surface area contributed by atoms with Gasteiger partial charge in [0.05, 0.1) is 45.9 Å². The normalized spacial score (nSPS) is 22.3. The SMILES string of the molecule is Cc1cc(C(F)(F)F)nc(-c2ccnc3cc(CN4C(=O)C5C(C4=O)C5(C)C)sc23)c1C(=O)N1CC[C@H](NC(=O)C(C)N)C1.Cl.Cl. The number of piperidine rings is 1. The van der Waals surface area contributed by atoms with E-state index in [1.807, 2.05) is 13.8 Å². The van der Waals surface area contributed by atoms with E-state index in [4.69, 9.17) is 5.73 Å². The fourth-order valence-electron chi connectivity index (χ4n) is 6.40. The van der Waals surface area contributed by atoms with Crippen LogP contribution in [-0.2, 0) is 27.1 Å². The number of imide groups is 1. The van der Waals surface area contributed by atoms with Crippen LogP contribution in [0.4, 0.5) is 13.2 Å². The third kappa shape index (κ3) is 5.96. The van der Waals surface area contributed by atoms with Gasteiger partial charge in [-0.2, -0.15) is 13.2 Å². The molecule has 3 unspecified atom stereocenters. The Morgan fingerprint density at radius 1 is 1.17 bits per heavy atom. The van der Waals surface area contributed by atoms with Gasteiger partial charge >= 0.3 is 6.18 Å². The number of hydrogen-bond donors (Lipinski definition) is 2. The summed E-state index contributed by atoms with van der Waals surface area (Å²) in [6.45, 7) is 7.27. The fraction of sp³-hybridized carbons (Fsp3) is 0.467. The second-order valence-electron chi connectivity index (χ2n) is 12.4. The number of alkyl halides is 3. The Hall–Kier alpha value is -3.33. The summed E-state index contributed by atoms with van der Waals surface area (Å²) < 4.78 is 42.4. The first kappa shape index (κ1) is 35.5. The number of thiophene rings is 1. The van der Waals surface area contributed by atoms with Crippen LogP contribution in [0.15, 0.2) is 24.4 Å². The minimum absolute atomic E-state index is 0. The van der Waals surface area contributed by atoms with E-state index in [0.717, 1.165) is 6.07 Å². The van der Waals surface area contributed by atoms with Crippen LogP contribution in [-0.4, -0.2) is 68.6 Å². The predicted octanol–water partition coefficient (Wildman–Crippen LogP) is 4.35. The van der Waals surface area contributed by atoms with Gasteiger partial charge in [0.25, 0.3) is 5.91 Å². The zero-order valence-corrected chi connectivity index (χ0v) is 27.8. The number of amides is 4. The molecule has 0 spiro atoms. The van der Waals surface area contributed by atoms with Gasteiger partial charge in [-0.3, -0.25) is 29.1 Å². The molecule has 16 heteroatoms. The smallest absolute Gasteiger partial charge is 0.350 e. The second kappa shape index (κ2) is 12.4. The lowest BCUT2D eigenvalue weighted by molar-refractivity contribution is -0.144. The number of pyridine rings is 2. The Kier molecular flexibility index (Phi) is 9.55. The number of nitrogens with one attached hydrogen (secondary N) is 1.